The minimum Gasteiger partial charge on any atom is -0.471 e. The minimum absolute atomic E-state index is 0.0134. The molecule has 3 saturated carbocycles. The Hall–Kier alpha value is -4.37. The molecule has 1 saturated heterocycles. The summed E-state index contributed by atoms with van der Waals surface area (Å²) in [6.45, 7) is 9.37. The number of hydrogen-bond acceptors (Lipinski definition) is 10. The standard InChI is InChI=1S/C39H48N6O7S2/c1-5-24-21-39(24,37(49)44-54(50,51)26-16-17-26)43-34(47)29-20-25(52-35-32(30-15-10-18-53-30)40-27-13-8-9-14-28(27)41-35)22-45(29)36(48)33(38(2,3)4)42-31(46)19-23-11-6-7-12-23/h5,8-10,13-15,18,23-26,29,33H,1,6-7,11-12,16-17,19-22H2,2-4H3,(H,42,46)(H,43,47)(H,44,49)/t24-,25-,29+,33-,39?/m1/s1. The highest BCUT2D eigenvalue weighted by Crippen LogP contribution is 2.46. The zero-order valence-corrected chi connectivity index (χ0v) is 32.5. The number of rotatable bonds is 13. The number of nitrogens with zero attached hydrogens (tertiary/aromatic N) is 3. The van der Waals surface area contributed by atoms with Crippen LogP contribution in [0.2, 0.25) is 0 Å². The summed E-state index contributed by atoms with van der Waals surface area (Å²) in [5.74, 6) is -2.11. The third-order valence-electron chi connectivity index (χ3n) is 11.0. The molecular weight excluding hydrogens is 729 g/mol. The molecule has 13 nitrogen and oxygen atoms in total. The van der Waals surface area contributed by atoms with E-state index in [1.54, 1.807) is 0 Å². The van der Waals surface area contributed by atoms with E-state index in [2.05, 4.69) is 21.9 Å². The van der Waals surface area contributed by atoms with Crippen LogP contribution in [0.4, 0.5) is 0 Å². The monoisotopic (exact) mass is 776 g/mol. The first kappa shape index (κ1) is 37.9. The van der Waals surface area contributed by atoms with Crippen LogP contribution >= 0.6 is 11.3 Å². The molecule has 7 rings (SSSR count). The Balaban J connectivity index is 1.18. The van der Waals surface area contributed by atoms with Gasteiger partial charge in [0.15, 0.2) is 0 Å². The molecule has 1 aromatic carbocycles. The zero-order chi connectivity index (χ0) is 38.4. The topological polar surface area (TPSA) is 177 Å². The molecule has 4 amide bonds. The second-order valence-corrected chi connectivity index (χ2v) is 19.1. The number of likely N-dealkylation sites (tertiary alicyclic amines) is 1. The fourth-order valence-electron chi connectivity index (χ4n) is 7.70. The van der Waals surface area contributed by atoms with E-state index in [0.29, 0.717) is 36.0 Å². The highest BCUT2D eigenvalue weighted by atomic mass is 32.2. The Kier molecular flexibility index (Phi) is 10.3. The number of fused-ring (bicyclic) bond motifs is 1. The lowest BCUT2D eigenvalue weighted by Gasteiger charge is -2.35. The molecule has 0 spiro atoms. The molecule has 3 N–H and O–H groups in total. The summed E-state index contributed by atoms with van der Waals surface area (Å²) in [6, 6.07) is 9.16. The van der Waals surface area contributed by atoms with E-state index in [1.165, 1.54) is 22.3 Å². The van der Waals surface area contributed by atoms with Gasteiger partial charge in [0.25, 0.3) is 5.91 Å². The van der Waals surface area contributed by atoms with Gasteiger partial charge in [-0.25, -0.2) is 18.4 Å². The van der Waals surface area contributed by atoms with Crippen molar-refractivity contribution in [1.82, 2.24) is 30.2 Å². The number of para-hydroxylation sites is 2. The Morgan fingerprint density at radius 2 is 1.76 bits per heavy atom. The molecule has 1 aliphatic heterocycles. The lowest BCUT2D eigenvalue weighted by molar-refractivity contribution is -0.144. The predicted molar refractivity (Wildman–Crippen MR) is 205 cm³/mol. The van der Waals surface area contributed by atoms with Crippen LogP contribution < -0.4 is 20.1 Å². The normalized spacial score (nSPS) is 24.9. The number of benzene rings is 1. The smallest absolute Gasteiger partial charge is 0.259 e. The highest BCUT2D eigenvalue weighted by molar-refractivity contribution is 7.91. The van der Waals surface area contributed by atoms with Crippen LogP contribution in [0, 0.1) is 17.3 Å². The van der Waals surface area contributed by atoms with E-state index in [-0.39, 0.29) is 37.1 Å². The molecule has 0 radical (unpaired) electrons. The summed E-state index contributed by atoms with van der Waals surface area (Å²) < 4.78 is 34.2. The average molecular weight is 777 g/mol. The van der Waals surface area contributed by atoms with E-state index in [9.17, 15) is 27.6 Å². The molecule has 4 fully saturated rings. The number of hydrogen-bond donors (Lipinski definition) is 3. The van der Waals surface area contributed by atoms with Crippen molar-refractivity contribution in [2.24, 2.45) is 17.3 Å². The molecular formula is C39H48N6O7S2. The zero-order valence-electron chi connectivity index (χ0n) is 30.9. The summed E-state index contributed by atoms with van der Waals surface area (Å²) in [6.07, 6.45) is 6.38. The number of thiophene rings is 1. The number of carbonyl (C=O) groups excluding carboxylic acids is 4. The molecule has 15 heteroatoms. The maximum atomic E-state index is 14.7. The fraction of sp³-hybridized carbons (Fsp3) is 0.538. The van der Waals surface area contributed by atoms with Crippen molar-refractivity contribution >= 4 is 56.0 Å². The Morgan fingerprint density at radius 1 is 1.06 bits per heavy atom. The number of amides is 4. The third kappa shape index (κ3) is 7.88. The van der Waals surface area contributed by atoms with Crippen molar-refractivity contribution in [3.63, 3.8) is 0 Å². The number of carbonyl (C=O) groups is 4. The average Bonchev–Trinajstić information content (AvgIpc) is 3.88. The van der Waals surface area contributed by atoms with Crippen molar-refractivity contribution in [3.05, 3.63) is 54.4 Å². The molecule has 1 unspecified atom stereocenters. The third-order valence-corrected chi connectivity index (χ3v) is 13.7. The summed E-state index contributed by atoms with van der Waals surface area (Å²) in [7, 11) is -3.89. The van der Waals surface area contributed by atoms with Crippen LogP contribution in [0.5, 0.6) is 5.88 Å². The highest BCUT2D eigenvalue weighted by Gasteiger charge is 2.62. The van der Waals surface area contributed by atoms with Gasteiger partial charge in [0.05, 0.1) is 27.7 Å². The molecule has 4 aliphatic rings. The van der Waals surface area contributed by atoms with Gasteiger partial charge in [-0.15, -0.1) is 17.9 Å². The Bertz CT molecular complexity index is 2060. The van der Waals surface area contributed by atoms with Crippen molar-refractivity contribution in [2.75, 3.05) is 6.54 Å². The molecule has 3 heterocycles. The minimum atomic E-state index is -3.89. The second-order valence-electron chi connectivity index (χ2n) is 16.2. The first-order valence-corrected chi connectivity index (χ1v) is 21.2. The van der Waals surface area contributed by atoms with Gasteiger partial charge in [0.1, 0.15) is 29.4 Å². The Morgan fingerprint density at radius 3 is 2.37 bits per heavy atom. The van der Waals surface area contributed by atoms with Crippen molar-refractivity contribution in [3.8, 4) is 16.5 Å². The van der Waals surface area contributed by atoms with E-state index in [4.69, 9.17) is 14.7 Å². The van der Waals surface area contributed by atoms with Gasteiger partial charge in [-0.3, -0.25) is 23.9 Å². The summed E-state index contributed by atoms with van der Waals surface area (Å²) in [4.78, 5) is 67.9. The number of sulfonamides is 1. The van der Waals surface area contributed by atoms with E-state index in [0.717, 1.165) is 30.6 Å². The van der Waals surface area contributed by atoms with Gasteiger partial charge in [-0.1, -0.05) is 57.9 Å². The molecule has 2 aromatic heterocycles. The van der Waals surface area contributed by atoms with Crippen molar-refractivity contribution in [1.29, 1.82) is 0 Å². The van der Waals surface area contributed by atoms with Gasteiger partial charge in [-0.2, -0.15) is 0 Å². The van der Waals surface area contributed by atoms with Crippen LogP contribution in [0.25, 0.3) is 21.6 Å². The summed E-state index contributed by atoms with van der Waals surface area (Å²) in [5.41, 5.74) is -0.432. The molecule has 5 atom stereocenters. The largest absolute Gasteiger partial charge is 0.471 e. The van der Waals surface area contributed by atoms with Crippen LogP contribution in [0.3, 0.4) is 0 Å². The second kappa shape index (κ2) is 14.7. The van der Waals surface area contributed by atoms with Crippen LogP contribution in [-0.2, 0) is 29.2 Å². The molecule has 3 aliphatic carbocycles. The molecule has 54 heavy (non-hydrogen) atoms. The Labute approximate surface area is 319 Å². The quantitative estimate of drug-likeness (QED) is 0.211. The summed E-state index contributed by atoms with van der Waals surface area (Å²) in [5, 5.41) is 7.13. The molecule has 0 bridgehead atoms. The van der Waals surface area contributed by atoms with Crippen LogP contribution in [0.15, 0.2) is 54.4 Å². The molecule has 3 aromatic rings. The number of aromatic nitrogens is 2. The molecule has 288 valence electrons. The lowest BCUT2D eigenvalue weighted by Crippen LogP contribution is -2.60. The van der Waals surface area contributed by atoms with Crippen molar-refractivity contribution < 1.29 is 32.3 Å². The maximum Gasteiger partial charge on any atom is 0.259 e. The first-order chi connectivity index (χ1) is 25.7. The van der Waals surface area contributed by atoms with Gasteiger partial charge in [0, 0.05) is 18.8 Å². The van der Waals surface area contributed by atoms with Crippen LogP contribution in [0.1, 0.15) is 78.6 Å². The number of ether oxygens (including phenoxy) is 1. The SMILES string of the molecule is C=C[C@@H]1CC1(NC(=O)[C@@H]1C[C@@H](Oc2nc3ccccc3nc2-c2cccs2)CN1C(=O)[C@@H](NC(=O)CC1CCCC1)C(C)(C)C)C(=O)NS(=O)(=O)C1CC1. The maximum absolute atomic E-state index is 14.7. The predicted octanol–water partition coefficient (Wildman–Crippen LogP) is 4.49. The first-order valence-electron chi connectivity index (χ1n) is 18.8. The van der Waals surface area contributed by atoms with Gasteiger partial charge < -0.3 is 20.3 Å². The van der Waals surface area contributed by atoms with Gasteiger partial charge >= 0.3 is 0 Å². The van der Waals surface area contributed by atoms with Crippen LogP contribution in [-0.4, -0.2) is 82.4 Å². The fourth-order valence-corrected chi connectivity index (χ4v) is 9.77. The number of nitrogens with one attached hydrogen (secondary N) is 3. The van der Waals surface area contributed by atoms with Crippen molar-refractivity contribution in [2.45, 2.75) is 108 Å². The van der Waals surface area contributed by atoms with E-state index < -0.39 is 68.1 Å². The van der Waals surface area contributed by atoms with E-state index in [1.807, 2.05) is 62.5 Å². The van der Waals surface area contributed by atoms with Gasteiger partial charge in [0.2, 0.25) is 33.6 Å². The summed E-state index contributed by atoms with van der Waals surface area (Å²) >= 11 is 1.48. The van der Waals surface area contributed by atoms with Gasteiger partial charge in [-0.05, 0) is 67.0 Å². The van der Waals surface area contributed by atoms with E-state index >= 15 is 0 Å². The lowest BCUT2D eigenvalue weighted by atomic mass is 9.85.